The van der Waals surface area contributed by atoms with Gasteiger partial charge in [-0.2, -0.15) is 8.78 Å². The maximum atomic E-state index is 13.0. The van der Waals surface area contributed by atoms with Crippen LogP contribution in [-0.2, 0) is 6.42 Å². The van der Waals surface area contributed by atoms with Crippen LogP contribution >= 0.6 is 0 Å². The summed E-state index contributed by atoms with van der Waals surface area (Å²) < 4.78 is 40.2. The van der Waals surface area contributed by atoms with Crippen LogP contribution in [0.4, 0.5) is 14.5 Å². The molecular formula is C20H24F2N2O6. The quantitative estimate of drug-likeness (QED) is 0.477. The monoisotopic (exact) mass is 426 g/mol. The van der Waals surface area contributed by atoms with Gasteiger partial charge in [0.15, 0.2) is 11.5 Å². The van der Waals surface area contributed by atoms with E-state index in [2.05, 4.69) is 10.1 Å². The smallest absolute Gasteiger partial charge is 0.387 e. The summed E-state index contributed by atoms with van der Waals surface area (Å²) in [6.07, 6.45) is 0.666. The molecule has 1 unspecified atom stereocenters. The van der Waals surface area contributed by atoms with Crippen molar-refractivity contribution >= 4 is 11.6 Å². The summed E-state index contributed by atoms with van der Waals surface area (Å²) in [6, 6.07) is 4.68. The van der Waals surface area contributed by atoms with Gasteiger partial charge >= 0.3 is 6.61 Å². The lowest BCUT2D eigenvalue weighted by Gasteiger charge is -2.30. The van der Waals surface area contributed by atoms with Gasteiger partial charge in [0.2, 0.25) is 0 Å². The number of alkyl halides is 2. The molecule has 0 fully saturated rings. The number of nitro groups is 1. The molecule has 0 saturated heterocycles. The van der Waals surface area contributed by atoms with Gasteiger partial charge in [-0.1, -0.05) is 27.7 Å². The van der Waals surface area contributed by atoms with E-state index in [1.165, 1.54) is 7.11 Å². The third-order valence-corrected chi connectivity index (χ3v) is 4.40. The summed E-state index contributed by atoms with van der Waals surface area (Å²) in [7, 11) is 1.17. The Hall–Kier alpha value is -3.17. The molecule has 1 N–H and O–H groups in total. The highest BCUT2D eigenvalue weighted by atomic mass is 19.3. The number of carbonyl (C=O) groups excluding carboxylic acids is 1. The lowest BCUT2D eigenvalue weighted by atomic mass is 9.85. The predicted molar refractivity (Wildman–Crippen MR) is 104 cm³/mol. The number of rotatable bonds is 8. The van der Waals surface area contributed by atoms with Gasteiger partial charge in [-0.15, -0.1) is 0 Å². The molecule has 1 amide bonds. The molecule has 0 bridgehead atoms. The Morgan fingerprint density at radius 2 is 1.93 bits per heavy atom. The number of methoxy groups -OCH3 is 1. The SMILES string of the molecule is CCc1ccc(C(NC(=O)c2cc(OC)c(OC(F)F)cc2[N+](=O)[O-])C(C)(C)C)o1. The van der Waals surface area contributed by atoms with Crippen LogP contribution in [0, 0.1) is 15.5 Å². The Kier molecular flexibility index (Phi) is 7.01. The highest BCUT2D eigenvalue weighted by Crippen LogP contribution is 2.38. The van der Waals surface area contributed by atoms with Gasteiger partial charge in [0.25, 0.3) is 11.6 Å². The third-order valence-electron chi connectivity index (χ3n) is 4.40. The Morgan fingerprint density at radius 3 is 2.40 bits per heavy atom. The number of halogens is 2. The van der Waals surface area contributed by atoms with Gasteiger partial charge in [0, 0.05) is 12.5 Å². The fraction of sp³-hybridized carbons (Fsp3) is 0.450. The van der Waals surface area contributed by atoms with Crippen LogP contribution in [-0.4, -0.2) is 24.6 Å². The fourth-order valence-corrected chi connectivity index (χ4v) is 2.89. The highest BCUT2D eigenvalue weighted by Gasteiger charge is 2.33. The van der Waals surface area contributed by atoms with Crippen LogP contribution in [0.3, 0.4) is 0 Å². The molecule has 10 heteroatoms. The summed E-state index contributed by atoms with van der Waals surface area (Å²) in [5.74, 6) is -0.320. The highest BCUT2D eigenvalue weighted by molar-refractivity contribution is 5.99. The molecule has 1 aromatic carbocycles. The molecule has 1 aromatic heterocycles. The number of hydrogen-bond donors (Lipinski definition) is 1. The number of carbonyl (C=O) groups is 1. The van der Waals surface area contributed by atoms with Gasteiger partial charge < -0.3 is 19.2 Å². The summed E-state index contributed by atoms with van der Waals surface area (Å²) >= 11 is 0. The van der Waals surface area contributed by atoms with Crippen LogP contribution in [0.25, 0.3) is 0 Å². The molecule has 2 rings (SSSR count). The van der Waals surface area contributed by atoms with E-state index >= 15 is 0 Å². The minimum atomic E-state index is -3.21. The second-order valence-electron chi connectivity index (χ2n) is 7.59. The van der Waals surface area contributed by atoms with Crippen LogP contribution in [0.2, 0.25) is 0 Å². The van der Waals surface area contributed by atoms with Crippen LogP contribution in [0.1, 0.15) is 55.6 Å². The van der Waals surface area contributed by atoms with Crippen molar-refractivity contribution in [1.29, 1.82) is 0 Å². The average molecular weight is 426 g/mol. The number of amides is 1. The van der Waals surface area contributed by atoms with E-state index in [9.17, 15) is 23.7 Å². The molecule has 0 aliphatic heterocycles. The standard InChI is InChI=1S/C20H24F2N2O6/c1-6-11-7-8-14(29-11)17(20(2,3)4)23-18(25)12-9-15(28-5)16(30-19(21)22)10-13(12)24(26)27/h7-10,17,19H,6H2,1-5H3,(H,23,25). The number of aryl methyl sites for hydroxylation is 1. The number of ether oxygens (including phenoxy) is 2. The lowest BCUT2D eigenvalue weighted by Crippen LogP contribution is -2.36. The van der Waals surface area contributed by atoms with Crippen molar-refractivity contribution < 1.29 is 32.4 Å². The zero-order valence-corrected chi connectivity index (χ0v) is 17.3. The molecule has 0 aliphatic rings. The molecular weight excluding hydrogens is 402 g/mol. The normalized spacial score (nSPS) is 12.5. The van der Waals surface area contributed by atoms with Crippen molar-refractivity contribution in [3.8, 4) is 11.5 Å². The van der Waals surface area contributed by atoms with Gasteiger partial charge in [-0.05, 0) is 17.5 Å². The maximum absolute atomic E-state index is 13.0. The molecule has 0 spiro atoms. The average Bonchev–Trinajstić information content (AvgIpc) is 3.12. The Labute approximate surface area is 172 Å². The summed E-state index contributed by atoms with van der Waals surface area (Å²) in [5, 5.41) is 14.2. The number of hydrogen-bond acceptors (Lipinski definition) is 6. The molecule has 0 aliphatic carbocycles. The van der Waals surface area contributed by atoms with Gasteiger partial charge in [-0.25, -0.2) is 0 Å². The first kappa shape index (κ1) is 23.1. The number of nitro benzene ring substituents is 1. The van der Waals surface area contributed by atoms with E-state index in [0.29, 0.717) is 12.2 Å². The largest absolute Gasteiger partial charge is 0.493 e. The minimum Gasteiger partial charge on any atom is -0.493 e. The van der Waals surface area contributed by atoms with E-state index in [-0.39, 0.29) is 11.3 Å². The Morgan fingerprint density at radius 1 is 1.27 bits per heavy atom. The van der Waals surface area contributed by atoms with Crippen molar-refractivity contribution in [2.45, 2.75) is 46.8 Å². The molecule has 0 radical (unpaired) electrons. The zero-order chi connectivity index (χ0) is 22.6. The topological polar surface area (TPSA) is 104 Å². The molecule has 2 aromatic rings. The van der Waals surface area contributed by atoms with Crippen LogP contribution in [0.15, 0.2) is 28.7 Å². The second kappa shape index (κ2) is 9.10. The summed E-state index contributed by atoms with van der Waals surface area (Å²) in [4.78, 5) is 23.6. The lowest BCUT2D eigenvalue weighted by molar-refractivity contribution is -0.385. The van der Waals surface area contributed by atoms with E-state index in [4.69, 9.17) is 9.15 Å². The van der Waals surface area contributed by atoms with E-state index in [0.717, 1.165) is 17.9 Å². The van der Waals surface area contributed by atoms with E-state index in [1.54, 1.807) is 12.1 Å². The second-order valence-corrected chi connectivity index (χ2v) is 7.59. The molecule has 8 nitrogen and oxygen atoms in total. The Bertz CT molecular complexity index is 921. The molecule has 0 saturated carbocycles. The van der Waals surface area contributed by atoms with Crippen molar-refractivity contribution in [2.75, 3.05) is 7.11 Å². The number of furan rings is 1. The molecule has 30 heavy (non-hydrogen) atoms. The van der Waals surface area contributed by atoms with E-state index < -0.39 is 40.3 Å². The first-order valence-corrected chi connectivity index (χ1v) is 9.18. The summed E-state index contributed by atoms with van der Waals surface area (Å²) in [5.41, 5.74) is -1.53. The molecule has 1 atom stereocenters. The van der Waals surface area contributed by atoms with Crippen molar-refractivity contribution in [1.82, 2.24) is 5.32 Å². The van der Waals surface area contributed by atoms with Crippen molar-refractivity contribution in [3.05, 3.63) is 51.5 Å². The number of nitrogens with one attached hydrogen (secondary N) is 1. The number of benzene rings is 1. The predicted octanol–water partition coefficient (Wildman–Crippen LogP) is 4.88. The third kappa shape index (κ3) is 5.25. The van der Waals surface area contributed by atoms with Gasteiger partial charge in [0.1, 0.15) is 17.1 Å². The maximum Gasteiger partial charge on any atom is 0.387 e. The first-order chi connectivity index (χ1) is 14.0. The molecule has 1 heterocycles. The first-order valence-electron chi connectivity index (χ1n) is 9.18. The van der Waals surface area contributed by atoms with Crippen molar-refractivity contribution in [3.63, 3.8) is 0 Å². The fourth-order valence-electron chi connectivity index (χ4n) is 2.89. The number of nitrogens with zero attached hydrogens (tertiary/aromatic N) is 1. The van der Waals surface area contributed by atoms with Crippen molar-refractivity contribution in [2.24, 2.45) is 5.41 Å². The van der Waals surface area contributed by atoms with Gasteiger partial charge in [0.05, 0.1) is 24.1 Å². The summed E-state index contributed by atoms with van der Waals surface area (Å²) in [6.45, 7) is 4.34. The van der Waals surface area contributed by atoms with Crippen LogP contribution in [0.5, 0.6) is 11.5 Å². The minimum absolute atomic E-state index is 0.232. The van der Waals surface area contributed by atoms with Gasteiger partial charge in [-0.3, -0.25) is 14.9 Å². The van der Waals surface area contributed by atoms with E-state index in [1.807, 2.05) is 27.7 Å². The zero-order valence-electron chi connectivity index (χ0n) is 17.3. The Balaban J connectivity index is 2.47. The molecule has 164 valence electrons. The van der Waals surface area contributed by atoms with Crippen LogP contribution < -0.4 is 14.8 Å².